The maximum Gasteiger partial charge on any atom is 0.422 e. The van der Waals surface area contributed by atoms with Crippen LogP contribution in [-0.4, -0.2) is 54.0 Å². The first kappa shape index (κ1) is 33.2. The molecule has 2 aromatic rings. The fraction of sp³-hybridized carbons (Fsp3) is 0.500. The topological polar surface area (TPSA) is 58.6 Å². The zero-order valence-electron chi connectivity index (χ0n) is 22.1. The molecule has 2 aliphatic rings. The van der Waals surface area contributed by atoms with Gasteiger partial charge in [0.05, 0.1) is 6.04 Å². The van der Waals surface area contributed by atoms with Crippen molar-refractivity contribution in [3.63, 3.8) is 0 Å². The largest absolute Gasteiger partial charge is 0.449 e. The number of piperidine rings is 2. The number of rotatable bonds is 3. The van der Waals surface area contributed by atoms with Gasteiger partial charge in [-0.25, -0.2) is 4.79 Å². The monoisotopic (exact) mass is 612 g/mol. The summed E-state index contributed by atoms with van der Waals surface area (Å²) in [5.74, 6) is -3.69. The molecule has 0 aliphatic carbocycles. The summed E-state index contributed by atoms with van der Waals surface area (Å²) in [6, 6.07) is 12.2. The lowest BCUT2D eigenvalue weighted by Gasteiger charge is -2.42. The number of esters is 1. The fourth-order valence-electron chi connectivity index (χ4n) is 5.06. The van der Waals surface area contributed by atoms with Gasteiger partial charge in [0.2, 0.25) is 0 Å². The smallest absolute Gasteiger partial charge is 0.422 e. The maximum atomic E-state index is 13.4. The summed E-state index contributed by atoms with van der Waals surface area (Å²) >= 11 is 0. The first-order valence-electron chi connectivity index (χ1n) is 13.1. The average Bonchev–Trinajstić information content (AvgIpc) is 2.95. The Kier molecular flexibility index (Phi) is 10.9. The minimum atomic E-state index is -4.89. The van der Waals surface area contributed by atoms with Crippen LogP contribution < -0.4 is 5.32 Å². The SMILES string of the molecule is FC(F)(F)C1CCCC(c2ccccc2)N1.O=C(OCC(F)(F)F)C(=O)N1C(c2ccccc2)CCCC1C(F)(F)F. The number of carbonyl (C=O) groups is 2. The van der Waals surface area contributed by atoms with Crippen molar-refractivity contribution in [3.8, 4) is 0 Å². The highest BCUT2D eigenvalue weighted by Crippen LogP contribution is 2.41. The van der Waals surface area contributed by atoms with Gasteiger partial charge in [0.25, 0.3) is 0 Å². The van der Waals surface area contributed by atoms with Crippen LogP contribution in [0.2, 0.25) is 0 Å². The van der Waals surface area contributed by atoms with E-state index < -0.39 is 61.6 Å². The van der Waals surface area contributed by atoms with Crippen LogP contribution in [0.4, 0.5) is 39.5 Å². The predicted octanol–water partition coefficient (Wildman–Crippen LogP) is 7.21. The number of nitrogens with zero attached hydrogens (tertiary/aromatic N) is 1. The molecule has 2 saturated heterocycles. The van der Waals surface area contributed by atoms with Crippen molar-refractivity contribution < 1.29 is 53.8 Å². The molecule has 1 amide bonds. The molecule has 1 N–H and O–H groups in total. The molecule has 14 heteroatoms. The molecule has 4 rings (SSSR count). The first-order chi connectivity index (χ1) is 19.6. The molecule has 2 aliphatic heterocycles. The molecule has 0 radical (unpaired) electrons. The van der Waals surface area contributed by atoms with Crippen LogP contribution in [0.1, 0.15) is 61.7 Å². The molecule has 232 valence electrons. The Hall–Kier alpha value is -3.29. The highest BCUT2D eigenvalue weighted by Gasteiger charge is 2.51. The molecular weight excluding hydrogens is 583 g/mol. The Morgan fingerprint density at radius 1 is 0.738 bits per heavy atom. The second kappa shape index (κ2) is 13.8. The molecule has 0 bridgehead atoms. The van der Waals surface area contributed by atoms with Crippen molar-refractivity contribution >= 4 is 11.9 Å². The Morgan fingerprint density at radius 3 is 1.81 bits per heavy atom. The van der Waals surface area contributed by atoms with Gasteiger partial charge in [-0.1, -0.05) is 60.7 Å². The van der Waals surface area contributed by atoms with E-state index in [1.165, 1.54) is 12.1 Å². The lowest BCUT2D eigenvalue weighted by Crippen LogP contribution is -2.55. The number of carbonyl (C=O) groups excluding carboxylic acids is 2. The highest BCUT2D eigenvalue weighted by atomic mass is 19.4. The van der Waals surface area contributed by atoms with Gasteiger partial charge in [0.15, 0.2) is 6.61 Å². The number of alkyl halides is 9. The number of hydrogen-bond donors (Lipinski definition) is 1. The van der Waals surface area contributed by atoms with E-state index in [1.807, 2.05) is 30.3 Å². The number of benzene rings is 2. The van der Waals surface area contributed by atoms with Crippen molar-refractivity contribution in [2.24, 2.45) is 0 Å². The van der Waals surface area contributed by atoms with Crippen LogP contribution in [0.3, 0.4) is 0 Å². The molecule has 0 saturated carbocycles. The minimum absolute atomic E-state index is 0.144. The number of likely N-dealkylation sites (tertiary alicyclic amines) is 1. The summed E-state index contributed by atoms with van der Waals surface area (Å²) in [7, 11) is 0. The quantitative estimate of drug-likeness (QED) is 0.226. The van der Waals surface area contributed by atoms with Crippen LogP contribution in [0.25, 0.3) is 0 Å². The molecule has 0 aromatic heterocycles. The van der Waals surface area contributed by atoms with Gasteiger partial charge in [-0.3, -0.25) is 10.1 Å². The van der Waals surface area contributed by atoms with Gasteiger partial charge >= 0.3 is 30.4 Å². The third kappa shape index (κ3) is 9.36. The van der Waals surface area contributed by atoms with Crippen LogP contribution in [0, 0.1) is 0 Å². The Bertz CT molecular complexity index is 1160. The Labute approximate surface area is 236 Å². The van der Waals surface area contributed by atoms with Crippen LogP contribution >= 0.6 is 0 Å². The zero-order valence-corrected chi connectivity index (χ0v) is 22.1. The standard InChI is InChI=1S/C16H15F6NO3.C12H14F3N/c17-15(18,19)9-26-14(25)13(24)23-11(10-5-2-1-3-6-10)7-4-8-12(23)16(20,21)22;13-12(14,15)11-8-4-7-10(16-11)9-5-2-1-3-6-9/h1-3,5-6,11-12H,4,7-9H2;1-3,5-6,10-11,16H,4,7-8H2. The summed E-state index contributed by atoms with van der Waals surface area (Å²) in [5, 5.41) is 2.68. The zero-order chi connectivity index (χ0) is 31.1. The number of ether oxygens (including phenoxy) is 1. The Morgan fingerprint density at radius 2 is 1.29 bits per heavy atom. The number of hydrogen-bond acceptors (Lipinski definition) is 4. The van der Waals surface area contributed by atoms with Gasteiger partial charge in [-0.05, 0) is 49.7 Å². The van der Waals surface area contributed by atoms with E-state index in [0.717, 1.165) is 12.0 Å². The highest BCUT2D eigenvalue weighted by molar-refractivity contribution is 6.32. The molecule has 2 heterocycles. The number of amides is 1. The van der Waals surface area contributed by atoms with Crippen LogP contribution in [-0.2, 0) is 14.3 Å². The van der Waals surface area contributed by atoms with Crippen molar-refractivity contribution in [2.45, 2.75) is 81.2 Å². The van der Waals surface area contributed by atoms with Gasteiger partial charge < -0.3 is 9.64 Å². The fourth-order valence-corrected chi connectivity index (χ4v) is 5.06. The van der Waals surface area contributed by atoms with Crippen molar-refractivity contribution in [2.75, 3.05) is 6.61 Å². The van der Waals surface area contributed by atoms with Crippen molar-refractivity contribution in [1.82, 2.24) is 10.2 Å². The normalized spacial score (nSPS) is 23.4. The molecule has 5 nitrogen and oxygen atoms in total. The minimum Gasteiger partial charge on any atom is -0.449 e. The van der Waals surface area contributed by atoms with Crippen molar-refractivity contribution in [1.29, 1.82) is 0 Å². The molecule has 4 unspecified atom stereocenters. The number of nitrogens with one attached hydrogen (secondary N) is 1. The lowest BCUT2D eigenvalue weighted by molar-refractivity contribution is -0.210. The van der Waals surface area contributed by atoms with Gasteiger partial charge in [0.1, 0.15) is 12.1 Å². The van der Waals surface area contributed by atoms with E-state index in [9.17, 15) is 49.1 Å². The third-order valence-corrected chi connectivity index (χ3v) is 6.95. The summed E-state index contributed by atoms with van der Waals surface area (Å²) in [5.41, 5.74) is 1.30. The molecule has 2 fully saturated rings. The second-order valence-corrected chi connectivity index (χ2v) is 9.97. The summed E-state index contributed by atoms with van der Waals surface area (Å²) in [6.07, 6.45) is -12.4. The van der Waals surface area contributed by atoms with Gasteiger partial charge in [-0.2, -0.15) is 39.5 Å². The molecule has 42 heavy (non-hydrogen) atoms. The number of halogens is 9. The van der Waals surface area contributed by atoms with Crippen LogP contribution in [0.5, 0.6) is 0 Å². The summed E-state index contributed by atoms with van der Waals surface area (Å²) in [6.45, 7) is -2.04. The van der Waals surface area contributed by atoms with Crippen LogP contribution in [0.15, 0.2) is 60.7 Å². The molecule has 2 aromatic carbocycles. The predicted molar refractivity (Wildman–Crippen MR) is 133 cm³/mol. The van der Waals surface area contributed by atoms with E-state index in [2.05, 4.69) is 10.1 Å². The molecule has 4 atom stereocenters. The summed E-state index contributed by atoms with van der Waals surface area (Å²) < 4.78 is 118. The van der Waals surface area contributed by atoms with E-state index in [1.54, 1.807) is 18.2 Å². The third-order valence-electron chi connectivity index (χ3n) is 6.95. The van der Waals surface area contributed by atoms with E-state index >= 15 is 0 Å². The maximum absolute atomic E-state index is 13.4. The Balaban J connectivity index is 0.000000258. The molecular formula is C28H29F9N2O3. The lowest BCUT2D eigenvalue weighted by atomic mass is 9.90. The summed E-state index contributed by atoms with van der Waals surface area (Å²) in [4.78, 5) is 24.2. The van der Waals surface area contributed by atoms with E-state index in [4.69, 9.17) is 0 Å². The van der Waals surface area contributed by atoms with Gasteiger partial charge in [0, 0.05) is 6.04 Å². The van der Waals surface area contributed by atoms with Gasteiger partial charge in [-0.15, -0.1) is 0 Å². The van der Waals surface area contributed by atoms with Crippen molar-refractivity contribution in [3.05, 3.63) is 71.8 Å². The second-order valence-electron chi connectivity index (χ2n) is 9.97. The average molecular weight is 613 g/mol. The van der Waals surface area contributed by atoms with E-state index in [0.29, 0.717) is 16.9 Å². The first-order valence-corrected chi connectivity index (χ1v) is 13.1. The molecule has 0 spiro atoms. The van der Waals surface area contributed by atoms with E-state index in [-0.39, 0.29) is 25.3 Å².